The maximum atomic E-state index is 13.3. The van der Waals surface area contributed by atoms with Gasteiger partial charge in [-0.25, -0.2) is 19.4 Å². The minimum absolute atomic E-state index is 0.00591. The van der Waals surface area contributed by atoms with Crippen molar-refractivity contribution in [3.63, 3.8) is 0 Å². The van der Waals surface area contributed by atoms with Gasteiger partial charge in [-0.1, -0.05) is 76.2 Å². The second kappa shape index (κ2) is 26.1. The molecule has 1 N–H and O–H groups in total. The number of hydrogen-bond acceptors (Lipinski definition) is 17. The highest BCUT2D eigenvalue weighted by atomic mass is 16.7. The molecular weight excluding hydrogens is 981 g/mol. The van der Waals surface area contributed by atoms with Crippen LogP contribution in [0.4, 0.5) is 9.59 Å². The first-order valence-electron chi connectivity index (χ1n) is 27.4. The predicted octanol–water partition coefficient (Wildman–Crippen LogP) is 11.8. The van der Waals surface area contributed by atoms with Gasteiger partial charge in [0.1, 0.15) is 24.7 Å². The first-order chi connectivity index (χ1) is 35.1. The number of aliphatic carboxylic acids is 1. The molecule has 4 fully saturated rings. The van der Waals surface area contributed by atoms with Crippen molar-refractivity contribution in [2.24, 2.45) is 72.0 Å². The van der Waals surface area contributed by atoms with E-state index in [0.717, 1.165) is 44.9 Å². The normalized spacial score (nSPS) is 30.0. The highest BCUT2D eigenvalue weighted by Crippen LogP contribution is 2.53. The zero-order valence-corrected chi connectivity index (χ0v) is 47.8. The highest BCUT2D eigenvalue weighted by Gasteiger charge is 2.46. The smallest absolute Gasteiger partial charge is 0.481 e. The molecule has 4 saturated carbocycles. The topological polar surface area (TPSA) is 258 Å². The zero-order valence-electron chi connectivity index (χ0n) is 47.8. The molecule has 4 aliphatic rings. The van der Waals surface area contributed by atoms with Crippen molar-refractivity contribution in [2.45, 2.75) is 211 Å². The van der Waals surface area contributed by atoms with Gasteiger partial charge in [-0.15, -0.1) is 0 Å². The number of carboxylic acid groups (broad SMARTS) is 1. The number of isocyanates is 1. The van der Waals surface area contributed by atoms with Crippen LogP contribution in [0.5, 0.6) is 0 Å². The van der Waals surface area contributed by atoms with E-state index >= 15 is 0 Å². The number of rotatable bonds is 23. The first-order valence-corrected chi connectivity index (χ1v) is 27.4. The summed E-state index contributed by atoms with van der Waals surface area (Å²) in [5.74, 6) is -3.91. The molecule has 9 unspecified atom stereocenters. The molecule has 0 radical (unpaired) electrons. The molecule has 0 spiro atoms. The third-order valence-electron chi connectivity index (χ3n) is 16.5. The van der Waals surface area contributed by atoms with Gasteiger partial charge < -0.3 is 38.3 Å². The van der Waals surface area contributed by atoms with Crippen LogP contribution in [0, 0.1) is 78.5 Å². The predicted molar refractivity (Wildman–Crippen MR) is 277 cm³/mol. The van der Waals surface area contributed by atoms with E-state index in [9.17, 15) is 43.5 Å². The number of carbonyl (C=O) groups excluding carboxylic acids is 7. The molecule has 0 aromatic carbocycles. The summed E-state index contributed by atoms with van der Waals surface area (Å²) in [6.07, 6.45) is 11.3. The summed E-state index contributed by atoms with van der Waals surface area (Å²) in [7, 11) is 0. The molecule has 18 heteroatoms. The van der Waals surface area contributed by atoms with Gasteiger partial charge in [0.25, 0.3) is 6.26 Å². The molecule has 0 amide bonds. The van der Waals surface area contributed by atoms with Crippen molar-refractivity contribution in [1.29, 1.82) is 5.26 Å². The van der Waals surface area contributed by atoms with Gasteiger partial charge in [0, 0.05) is 25.7 Å². The molecule has 0 aromatic rings. The number of carbonyl (C=O) groups is 7. The molecule has 0 saturated heterocycles. The van der Waals surface area contributed by atoms with Gasteiger partial charge in [0.05, 0.1) is 19.8 Å². The standard InChI is InChI=1S/C58H90N2O16/c1-51(2)21-39(19-43(28-51)74-37-59)13-14-45(63)75-49(68)70-29-41-23-53(5,6)32-56(10,26-41)17-15-44(62)72-35-58(12,48(66)67)36-73-47(65)20-40-22-52(3,4)31-55(9,25-40)18-16-46(64)76-50(69)71-30-42-24-54(7,8)33-57(11,27-42)34-60-38-61/h39-43H,13-36H2,1-12H3,(H,66,67). The quantitative estimate of drug-likeness (QED) is 0.0249. The molecule has 0 heterocycles. The van der Waals surface area contributed by atoms with Crippen LogP contribution in [0.2, 0.25) is 0 Å². The average Bonchev–Trinajstić information content (AvgIpc) is 3.26. The Morgan fingerprint density at radius 1 is 0.566 bits per heavy atom. The van der Waals surface area contributed by atoms with Gasteiger partial charge in [-0.05, 0) is 165 Å². The van der Waals surface area contributed by atoms with E-state index in [1.807, 2.05) is 6.92 Å². The molecule has 18 nitrogen and oxygen atoms in total. The van der Waals surface area contributed by atoms with E-state index in [1.165, 1.54) is 6.92 Å². The SMILES string of the molecule is CC1(C)CC(CCC(=O)OC(=O)OCC2CC(C)(C)CC(C)(CCC(=O)OCC(C)(COC(=O)CC3CC(C)(C)CC(C)(CCC(=O)OC(=O)OCC4CC(C)(C)CC(C)(CN=C=O)C4)C3)C(=O)O)C2)CC(OC#N)C1. The lowest BCUT2D eigenvalue weighted by Gasteiger charge is -2.46. The van der Waals surface area contributed by atoms with Crippen LogP contribution < -0.4 is 0 Å². The molecular formula is C58H90N2O16. The molecule has 0 bridgehead atoms. The van der Waals surface area contributed by atoms with Crippen molar-refractivity contribution in [3.8, 4) is 6.26 Å². The first kappa shape index (κ1) is 63.5. The Kier molecular flexibility index (Phi) is 21.8. The van der Waals surface area contributed by atoms with Crippen LogP contribution in [0.1, 0.15) is 205 Å². The van der Waals surface area contributed by atoms with E-state index in [0.29, 0.717) is 57.9 Å². The number of ether oxygens (including phenoxy) is 7. The monoisotopic (exact) mass is 1070 g/mol. The van der Waals surface area contributed by atoms with Crippen molar-refractivity contribution < 1.29 is 76.6 Å². The third kappa shape index (κ3) is 21.4. The summed E-state index contributed by atoms with van der Waals surface area (Å²) in [5.41, 5.74) is -3.16. The van der Waals surface area contributed by atoms with Crippen LogP contribution in [0.25, 0.3) is 0 Å². The third-order valence-corrected chi connectivity index (χ3v) is 16.5. The molecule has 4 rings (SSSR count). The van der Waals surface area contributed by atoms with Crippen molar-refractivity contribution >= 4 is 48.2 Å². The Morgan fingerprint density at radius 3 is 1.53 bits per heavy atom. The summed E-state index contributed by atoms with van der Waals surface area (Å²) in [4.78, 5) is 104. The number of hydrogen-bond donors (Lipinski definition) is 1. The lowest BCUT2D eigenvalue weighted by Crippen LogP contribution is -2.40. The van der Waals surface area contributed by atoms with Crippen LogP contribution in [-0.2, 0) is 61.9 Å². The minimum Gasteiger partial charge on any atom is -0.481 e. The fourth-order valence-electron chi connectivity index (χ4n) is 14.9. The van der Waals surface area contributed by atoms with Crippen LogP contribution in [0.3, 0.4) is 0 Å². The van der Waals surface area contributed by atoms with Gasteiger partial charge >= 0.3 is 42.2 Å². The van der Waals surface area contributed by atoms with E-state index in [4.69, 9.17) is 38.4 Å². The van der Waals surface area contributed by atoms with E-state index in [-0.39, 0.29) is 107 Å². The molecule has 0 aliphatic heterocycles. The van der Waals surface area contributed by atoms with Crippen LogP contribution in [-0.4, -0.2) is 92.4 Å². The molecule has 0 aromatic heterocycles. The Bertz CT molecular complexity index is 2170. The Balaban J connectivity index is 1.19. The van der Waals surface area contributed by atoms with Gasteiger partial charge in [-0.2, -0.15) is 5.26 Å². The Labute approximate surface area is 451 Å². The van der Waals surface area contributed by atoms with E-state index in [2.05, 4.69) is 74.2 Å². The van der Waals surface area contributed by atoms with Crippen LogP contribution in [0.15, 0.2) is 4.99 Å². The summed E-state index contributed by atoms with van der Waals surface area (Å²) >= 11 is 0. The maximum Gasteiger partial charge on any atom is 0.516 e. The minimum atomic E-state index is -1.72. The van der Waals surface area contributed by atoms with E-state index in [1.54, 1.807) is 12.3 Å². The number of nitriles is 1. The Morgan fingerprint density at radius 2 is 1.01 bits per heavy atom. The average molecular weight is 1070 g/mol. The number of nitrogens with zero attached hydrogens (tertiary/aromatic N) is 2. The fourth-order valence-corrected chi connectivity index (χ4v) is 14.9. The molecule has 4 aliphatic carbocycles. The van der Waals surface area contributed by atoms with Gasteiger partial charge in [0.2, 0.25) is 6.08 Å². The van der Waals surface area contributed by atoms with Crippen molar-refractivity contribution in [3.05, 3.63) is 0 Å². The molecule has 76 heavy (non-hydrogen) atoms. The van der Waals surface area contributed by atoms with Gasteiger partial charge in [-0.3, -0.25) is 24.0 Å². The van der Waals surface area contributed by atoms with E-state index < -0.39 is 60.8 Å². The highest BCUT2D eigenvalue weighted by molar-refractivity contribution is 5.82. The molecule has 9 atom stereocenters. The summed E-state index contributed by atoms with van der Waals surface area (Å²) in [6, 6.07) is 0. The summed E-state index contributed by atoms with van der Waals surface area (Å²) < 4.78 is 37.2. The second-order valence-electron chi connectivity index (χ2n) is 28.2. The largest absolute Gasteiger partial charge is 0.516 e. The maximum absolute atomic E-state index is 13.3. The summed E-state index contributed by atoms with van der Waals surface area (Å²) in [6.45, 7) is 23.8. The number of esters is 4. The number of carboxylic acids is 1. The fraction of sp³-hybridized carbons (Fsp3) is 0.845. The van der Waals surface area contributed by atoms with Crippen molar-refractivity contribution in [2.75, 3.05) is 33.0 Å². The summed E-state index contributed by atoms with van der Waals surface area (Å²) in [5, 5.41) is 19.2. The van der Waals surface area contributed by atoms with Crippen LogP contribution >= 0.6 is 0 Å². The lowest BCUT2D eigenvalue weighted by atomic mass is 9.59. The van der Waals surface area contributed by atoms with Crippen molar-refractivity contribution in [1.82, 2.24) is 0 Å². The van der Waals surface area contributed by atoms with Gasteiger partial charge in [0.15, 0.2) is 0 Å². The second-order valence-corrected chi connectivity index (χ2v) is 28.2. The lowest BCUT2D eigenvalue weighted by molar-refractivity contribution is -0.166. The zero-order chi connectivity index (χ0) is 57.0. The number of aliphatic imine (C=N–C) groups is 1. The Hall–Kier alpha value is -5.04. The molecule has 428 valence electrons.